The number of rotatable bonds is 5. The summed E-state index contributed by atoms with van der Waals surface area (Å²) < 4.78 is 26.0. The molecule has 0 aliphatic heterocycles. The minimum Gasteiger partial charge on any atom is -0.374 e. The molecule has 0 spiro atoms. The molecule has 1 aromatic heterocycles. The smallest absolute Gasteiger partial charge is 0.243 e. The van der Waals surface area contributed by atoms with Crippen molar-refractivity contribution in [1.82, 2.24) is 15.0 Å². The highest BCUT2D eigenvalue weighted by Crippen LogP contribution is 2.18. The minimum absolute atomic E-state index is 0.0583. The maximum atomic E-state index is 13.1. The summed E-state index contributed by atoms with van der Waals surface area (Å²) >= 11 is 0. The number of nitrogens with one attached hydrogen (secondary N) is 2. The van der Waals surface area contributed by atoms with Crippen molar-refractivity contribution in [3.63, 3.8) is 0 Å². The Morgan fingerprint density at radius 3 is 2.54 bits per heavy atom. The molecule has 1 amide bonds. The number of amides is 1. The SMILES string of the molecule is O=C(CNc1ccccc1-n1nccn1)Nc1ccc(F)c(F)c1. The van der Waals surface area contributed by atoms with E-state index in [-0.39, 0.29) is 12.2 Å². The first-order valence-electron chi connectivity index (χ1n) is 7.08. The zero-order valence-electron chi connectivity index (χ0n) is 12.4. The molecule has 24 heavy (non-hydrogen) atoms. The van der Waals surface area contributed by atoms with Crippen LogP contribution in [-0.2, 0) is 4.79 Å². The summed E-state index contributed by atoms with van der Waals surface area (Å²) in [5.41, 5.74) is 1.53. The van der Waals surface area contributed by atoms with Gasteiger partial charge < -0.3 is 10.6 Å². The summed E-state index contributed by atoms with van der Waals surface area (Å²) in [5.74, 6) is -2.38. The monoisotopic (exact) mass is 329 g/mol. The van der Waals surface area contributed by atoms with Gasteiger partial charge in [0.1, 0.15) is 5.69 Å². The van der Waals surface area contributed by atoms with E-state index in [0.717, 1.165) is 12.1 Å². The zero-order valence-corrected chi connectivity index (χ0v) is 12.4. The average molecular weight is 329 g/mol. The van der Waals surface area contributed by atoms with Crippen molar-refractivity contribution in [2.24, 2.45) is 0 Å². The van der Waals surface area contributed by atoms with E-state index in [1.54, 1.807) is 24.5 Å². The van der Waals surface area contributed by atoms with Gasteiger partial charge in [0.05, 0.1) is 24.6 Å². The Morgan fingerprint density at radius 2 is 1.79 bits per heavy atom. The summed E-state index contributed by atoms with van der Waals surface area (Å²) in [4.78, 5) is 13.4. The van der Waals surface area contributed by atoms with E-state index in [1.807, 2.05) is 12.1 Å². The fraction of sp³-hybridized carbons (Fsp3) is 0.0625. The van der Waals surface area contributed by atoms with Crippen LogP contribution in [0, 0.1) is 11.6 Å². The third-order valence-electron chi connectivity index (χ3n) is 3.18. The number of hydrogen-bond donors (Lipinski definition) is 2. The second-order valence-electron chi connectivity index (χ2n) is 4.87. The highest BCUT2D eigenvalue weighted by Gasteiger charge is 2.09. The highest BCUT2D eigenvalue weighted by atomic mass is 19.2. The number of para-hydroxylation sites is 2. The van der Waals surface area contributed by atoms with Crippen LogP contribution in [-0.4, -0.2) is 27.4 Å². The Morgan fingerprint density at radius 1 is 1.04 bits per heavy atom. The summed E-state index contributed by atoms with van der Waals surface area (Å²) in [6, 6.07) is 10.4. The van der Waals surface area contributed by atoms with Gasteiger partial charge in [-0.1, -0.05) is 12.1 Å². The van der Waals surface area contributed by atoms with E-state index >= 15 is 0 Å². The first-order valence-corrected chi connectivity index (χ1v) is 7.08. The Labute approximate surface area is 136 Å². The average Bonchev–Trinajstić information content (AvgIpc) is 3.11. The van der Waals surface area contributed by atoms with Gasteiger partial charge in [0.25, 0.3) is 0 Å². The molecule has 122 valence electrons. The van der Waals surface area contributed by atoms with Crippen LogP contribution >= 0.6 is 0 Å². The Bertz CT molecular complexity index is 851. The second-order valence-corrected chi connectivity index (χ2v) is 4.87. The first kappa shape index (κ1) is 15.6. The van der Waals surface area contributed by atoms with Crippen LogP contribution < -0.4 is 10.6 Å². The summed E-state index contributed by atoms with van der Waals surface area (Å²) in [5, 5.41) is 13.6. The van der Waals surface area contributed by atoms with Crippen molar-refractivity contribution < 1.29 is 13.6 Å². The number of carbonyl (C=O) groups is 1. The van der Waals surface area contributed by atoms with Gasteiger partial charge in [0, 0.05) is 11.8 Å². The van der Waals surface area contributed by atoms with Crippen LogP contribution in [0.15, 0.2) is 54.9 Å². The Hall–Kier alpha value is -3.29. The van der Waals surface area contributed by atoms with Crippen molar-refractivity contribution in [2.45, 2.75) is 0 Å². The lowest BCUT2D eigenvalue weighted by Gasteiger charge is -2.11. The van der Waals surface area contributed by atoms with Crippen LogP contribution in [0.5, 0.6) is 0 Å². The van der Waals surface area contributed by atoms with Gasteiger partial charge in [0.15, 0.2) is 11.6 Å². The molecule has 0 saturated heterocycles. The molecule has 8 heteroatoms. The third-order valence-corrected chi connectivity index (χ3v) is 3.18. The maximum absolute atomic E-state index is 13.1. The second kappa shape index (κ2) is 6.86. The van der Waals surface area contributed by atoms with Crippen molar-refractivity contribution in [2.75, 3.05) is 17.2 Å². The fourth-order valence-corrected chi connectivity index (χ4v) is 2.09. The molecule has 0 aliphatic carbocycles. The molecular weight excluding hydrogens is 316 g/mol. The zero-order chi connectivity index (χ0) is 16.9. The molecule has 3 rings (SSSR count). The largest absolute Gasteiger partial charge is 0.374 e. The summed E-state index contributed by atoms with van der Waals surface area (Å²) in [6.45, 7) is -0.0583. The number of aromatic nitrogens is 3. The van der Waals surface area contributed by atoms with Gasteiger partial charge in [-0.05, 0) is 24.3 Å². The first-order chi connectivity index (χ1) is 11.6. The molecule has 0 radical (unpaired) electrons. The number of hydrogen-bond acceptors (Lipinski definition) is 4. The molecule has 0 aliphatic rings. The maximum Gasteiger partial charge on any atom is 0.243 e. The molecule has 2 aromatic carbocycles. The molecule has 0 atom stereocenters. The Kier molecular flexibility index (Phi) is 4.46. The molecule has 6 nitrogen and oxygen atoms in total. The van der Waals surface area contributed by atoms with Crippen LogP contribution in [0.25, 0.3) is 5.69 Å². The van der Waals surface area contributed by atoms with Crippen molar-refractivity contribution in [3.05, 3.63) is 66.5 Å². The number of nitrogens with zero attached hydrogens (tertiary/aromatic N) is 3. The van der Waals surface area contributed by atoms with E-state index < -0.39 is 17.5 Å². The van der Waals surface area contributed by atoms with Gasteiger partial charge in [-0.2, -0.15) is 10.2 Å². The molecule has 2 N–H and O–H groups in total. The highest BCUT2D eigenvalue weighted by molar-refractivity contribution is 5.94. The van der Waals surface area contributed by atoms with Gasteiger partial charge in [-0.3, -0.25) is 4.79 Å². The predicted molar refractivity (Wildman–Crippen MR) is 84.8 cm³/mol. The summed E-state index contributed by atoms with van der Waals surface area (Å²) in [7, 11) is 0. The van der Waals surface area contributed by atoms with Gasteiger partial charge in [-0.25, -0.2) is 8.78 Å². The predicted octanol–water partition coefficient (Wildman–Crippen LogP) is 2.60. The summed E-state index contributed by atoms with van der Waals surface area (Å²) in [6.07, 6.45) is 3.10. The molecule has 0 fully saturated rings. The lowest BCUT2D eigenvalue weighted by molar-refractivity contribution is -0.114. The van der Waals surface area contributed by atoms with Crippen molar-refractivity contribution in [1.29, 1.82) is 0 Å². The van der Waals surface area contributed by atoms with Gasteiger partial charge in [-0.15, -0.1) is 4.80 Å². The van der Waals surface area contributed by atoms with Crippen molar-refractivity contribution in [3.8, 4) is 5.69 Å². The number of anilines is 2. The molecule has 0 unspecified atom stereocenters. The van der Waals surface area contributed by atoms with E-state index in [2.05, 4.69) is 20.8 Å². The molecular formula is C16H13F2N5O. The van der Waals surface area contributed by atoms with E-state index in [9.17, 15) is 13.6 Å². The quantitative estimate of drug-likeness (QED) is 0.755. The van der Waals surface area contributed by atoms with E-state index in [0.29, 0.717) is 11.4 Å². The van der Waals surface area contributed by atoms with Crippen LogP contribution in [0.1, 0.15) is 0 Å². The van der Waals surface area contributed by atoms with E-state index in [4.69, 9.17) is 0 Å². The van der Waals surface area contributed by atoms with Crippen LogP contribution in [0.2, 0.25) is 0 Å². The molecule has 1 heterocycles. The molecule has 0 bridgehead atoms. The Balaban J connectivity index is 1.66. The topological polar surface area (TPSA) is 71.8 Å². The third kappa shape index (κ3) is 3.54. The van der Waals surface area contributed by atoms with Gasteiger partial charge in [0.2, 0.25) is 5.91 Å². The number of carbonyl (C=O) groups excluding carboxylic acids is 1. The number of halogens is 2. The normalized spacial score (nSPS) is 10.4. The lowest BCUT2D eigenvalue weighted by atomic mass is 10.2. The number of benzene rings is 2. The van der Waals surface area contributed by atoms with Crippen LogP contribution in [0.3, 0.4) is 0 Å². The van der Waals surface area contributed by atoms with Crippen LogP contribution in [0.4, 0.5) is 20.2 Å². The molecule has 3 aromatic rings. The van der Waals surface area contributed by atoms with E-state index in [1.165, 1.54) is 10.9 Å². The lowest BCUT2D eigenvalue weighted by Crippen LogP contribution is -2.22. The molecule has 0 saturated carbocycles. The van der Waals surface area contributed by atoms with Gasteiger partial charge >= 0.3 is 0 Å². The standard InChI is InChI=1S/C16H13F2N5O/c17-12-6-5-11(9-13(12)18)22-16(24)10-19-14-3-1-2-4-15(14)23-20-7-8-21-23/h1-9,19H,10H2,(H,22,24). The fourth-order valence-electron chi connectivity index (χ4n) is 2.09. The van der Waals surface area contributed by atoms with Crippen molar-refractivity contribution >= 4 is 17.3 Å². The minimum atomic E-state index is -1.02.